The Morgan fingerprint density at radius 3 is 1.80 bits per heavy atom. The summed E-state index contributed by atoms with van der Waals surface area (Å²) in [7, 11) is 7.95. The largest absolute Gasteiger partial charge is 0.381 e. The van der Waals surface area contributed by atoms with E-state index in [4.69, 9.17) is 4.74 Å². The molecule has 100 heavy (non-hydrogen) atoms. The van der Waals surface area contributed by atoms with Crippen LogP contribution in [0.3, 0.4) is 0 Å². The minimum Gasteiger partial charge on any atom is -0.381 e. The maximum atomic E-state index is 15.0. The summed E-state index contributed by atoms with van der Waals surface area (Å²) in [5.74, 6) is 1.67. The lowest BCUT2D eigenvalue weighted by Crippen LogP contribution is -2.44. The molecule has 6 aliphatic heterocycles. The molecule has 506 valence electrons. The first-order valence-electron chi connectivity index (χ1n) is 33.6. The van der Waals surface area contributed by atoms with Crippen LogP contribution in [0.25, 0.3) is 61.4 Å². The summed E-state index contributed by atoms with van der Waals surface area (Å²) in [6.07, 6.45) is 17.7. The monoisotopic (exact) mass is 1340 g/mol. The van der Waals surface area contributed by atoms with E-state index in [0.717, 1.165) is 157 Å². The van der Waals surface area contributed by atoms with Gasteiger partial charge in [0.05, 0.1) is 87.5 Å². The maximum Gasteiger partial charge on any atom is 0.254 e. The van der Waals surface area contributed by atoms with E-state index in [-0.39, 0.29) is 24.3 Å². The minimum absolute atomic E-state index is 0.0618. The lowest BCUT2D eigenvalue weighted by atomic mass is 9.94. The fraction of sp³-hybridized carbons (Fsp3) is 0.274. The van der Waals surface area contributed by atoms with Crippen LogP contribution in [0.4, 0.5) is 50.3 Å². The van der Waals surface area contributed by atoms with E-state index in [1.54, 1.807) is 23.1 Å². The van der Waals surface area contributed by atoms with E-state index in [1.807, 2.05) is 127 Å². The molecule has 2 aromatic carbocycles. The van der Waals surface area contributed by atoms with Gasteiger partial charge in [0.25, 0.3) is 17.7 Å². The van der Waals surface area contributed by atoms with Gasteiger partial charge in [-0.25, -0.2) is 33.8 Å². The molecule has 0 unspecified atom stereocenters. The molecule has 0 radical (unpaired) electrons. The molecule has 6 aliphatic rings. The van der Waals surface area contributed by atoms with Crippen LogP contribution in [0, 0.1) is 5.82 Å². The number of amides is 3. The number of carbonyl (C=O) groups is 3. The summed E-state index contributed by atoms with van der Waals surface area (Å²) in [6.45, 7) is 10.7. The van der Waals surface area contributed by atoms with Gasteiger partial charge in [-0.05, 0) is 103 Å². The number of benzene rings is 2. The Labute approximate surface area is 574 Å². The Kier molecular flexibility index (Phi) is 16.8. The van der Waals surface area contributed by atoms with Gasteiger partial charge in [-0.2, -0.15) is 10.2 Å². The molecule has 0 bridgehead atoms. The average molecular weight is 1340 g/mol. The van der Waals surface area contributed by atoms with Crippen LogP contribution in [0.2, 0.25) is 0 Å². The number of carbonyl (C=O) groups excluding carboxylic acids is 3. The number of pyridine rings is 5. The lowest BCUT2D eigenvalue weighted by molar-refractivity contribution is 0.0837. The van der Waals surface area contributed by atoms with E-state index in [0.29, 0.717) is 80.9 Å². The first kappa shape index (κ1) is 63.1. The third kappa shape index (κ3) is 11.9. The highest BCUT2D eigenvalue weighted by Gasteiger charge is 2.32. The highest BCUT2D eigenvalue weighted by atomic mass is 19.1. The molecule has 0 spiro atoms. The van der Waals surface area contributed by atoms with Crippen molar-refractivity contribution in [2.24, 2.45) is 21.1 Å². The molecule has 7 N–H and O–H groups in total. The molecule has 18 rings (SSSR count). The number of piperazine rings is 2. The molecular formula is C73H73FN22O4. The van der Waals surface area contributed by atoms with E-state index >= 15 is 0 Å². The molecule has 10 aromatic heterocycles. The third-order valence-corrected chi connectivity index (χ3v) is 19.7. The third-order valence-electron chi connectivity index (χ3n) is 19.7. The van der Waals surface area contributed by atoms with Crippen LogP contribution >= 0.6 is 0 Å². The van der Waals surface area contributed by atoms with Gasteiger partial charge in [-0.15, -0.1) is 0 Å². The first-order chi connectivity index (χ1) is 48.9. The van der Waals surface area contributed by atoms with Crippen LogP contribution in [-0.2, 0) is 45.5 Å². The number of halogens is 1. The summed E-state index contributed by atoms with van der Waals surface area (Å²) in [4.78, 5) is 72.1. The Hall–Kier alpha value is -11.7. The number of aromatic nitrogens is 12. The van der Waals surface area contributed by atoms with Gasteiger partial charge >= 0.3 is 0 Å². The second-order valence-corrected chi connectivity index (χ2v) is 25.7. The van der Waals surface area contributed by atoms with Crippen LogP contribution in [0.15, 0.2) is 141 Å². The molecule has 3 amide bonds. The Morgan fingerprint density at radius 2 is 1.12 bits per heavy atom. The quantitative estimate of drug-likeness (QED) is 0.0601. The zero-order valence-corrected chi connectivity index (χ0v) is 55.7. The maximum absolute atomic E-state index is 15.0. The van der Waals surface area contributed by atoms with E-state index in [9.17, 15) is 18.8 Å². The summed E-state index contributed by atoms with van der Waals surface area (Å²) >= 11 is 0. The molecule has 26 nitrogen and oxygen atoms in total. The normalized spacial score (nSPS) is 15.9. The molecule has 3 fully saturated rings. The standard InChI is InChI=1S/C25H25FN8O.C25H26N6O2.C23H22N8O/c1-32-7-9-34(10-8-32)15-3-4-20(27-11-15)31-19-14-28-23(17-12-30-25(35)22(17)19)21-16-5-6-33(2)24(16)29-13-18(21)26;1-30-10-6-18-17(5-9-26-24(18)30)16-3-4-20(23-19(16)14-27-25(23)32)28-22-13-21(31(2)29-22)15-7-11-33-12-8-15;32-23-22-17(14-27-23)16(19-5-7-25-21-6-8-28-31(19)21)2-3-18(22)29-20-4-1-15(13-26-20)30-11-9-24-10-12-30/h3-6,11,13-14H,7-10,12H2,1-2H3,(H,27,31)(H,30,35);3-6,9-10,13,15H,7-8,11-12,14H2,1-2H3,(H,27,32)(H,28,29);1-8,13,24H,9-12,14H2,(H,26,29)(H,27,32). The van der Waals surface area contributed by atoms with Crippen LogP contribution < -0.4 is 47.0 Å². The molecule has 12 aromatic rings. The Morgan fingerprint density at radius 1 is 0.520 bits per heavy atom. The number of anilines is 8. The highest BCUT2D eigenvalue weighted by molar-refractivity contribution is 6.09. The fourth-order valence-corrected chi connectivity index (χ4v) is 14.4. The number of hydrogen-bond donors (Lipinski definition) is 7. The van der Waals surface area contributed by atoms with E-state index in [2.05, 4.69) is 123 Å². The predicted octanol–water partition coefficient (Wildman–Crippen LogP) is 8.95. The summed E-state index contributed by atoms with van der Waals surface area (Å²) in [6, 6.07) is 27.8. The van der Waals surface area contributed by atoms with Crippen molar-refractivity contribution in [1.29, 1.82) is 0 Å². The van der Waals surface area contributed by atoms with Crippen molar-refractivity contribution in [2.75, 3.05) is 98.4 Å². The lowest BCUT2D eigenvalue weighted by Gasteiger charge is -2.33. The van der Waals surface area contributed by atoms with Crippen molar-refractivity contribution in [1.82, 2.24) is 84.6 Å². The Balaban J connectivity index is 0.000000117. The van der Waals surface area contributed by atoms with Crippen molar-refractivity contribution >= 4 is 91.3 Å². The zero-order chi connectivity index (χ0) is 68.1. The first-order valence-corrected chi connectivity index (χ1v) is 33.6. The fourth-order valence-electron chi connectivity index (χ4n) is 14.4. The van der Waals surface area contributed by atoms with Crippen molar-refractivity contribution in [3.63, 3.8) is 0 Å². The van der Waals surface area contributed by atoms with E-state index in [1.165, 1.54) is 11.9 Å². The molecular weight excluding hydrogens is 1270 g/mol. The molecule has 3 saturated heterocycles. The van der Waals surface area contributed by atoms with Gasteiger partial charge in [0.2, 0.25) is 0 Å². The van der Waals surface area contributed by atoms with Crippen molar-refractivity contribution < 1.29 is 23.5 Å². The van der Waals surface area contributed by atoms with Crippen LogP contribution in [0.1, 0.15) is 72.2 Å². The van der Waals surface area contributed by atoms with E-state index < -0.39 is 5.82 Å². The molecule has 0 saturated carbocycles. The van der Waals surface area contributed by atoms with Crippen LogP contribution in [0.5, 0.6) is 0 Å². The summed E-state index contributed by atoms with van der Waals surface area (Å²) < 4.78 is 28.1. The van der Waals surface area contributed by atoms with Crippen molar-refractivity contribution in [2.45, 2.75) is 38.4 Å². The highest BCUT2D eigenvalue weighted by Crippen LogP contribution is 2.41. The van der Waals surface area contributed by atoms with Gasteiger partial charge in [-0.1, -0.05) is 12.1 Å². The minimum atomic E-state index is -0.473. The number of rotatable bonds is 12. The topological polar surface area (TPSA) is 277 Å². The summed E-state index contributed by atoms with van der Waals surface area (Å²) in [5.41, 5.74) is 17.0. The number of nitrogens with zero attached hydrogens (tertiary/aromatic N) is 15. The zero-order valence-electron chi connectivity index (χ0n) is 55.7. The molecule has 0 aliphatic carbocycles. The second kappa shape index (κ2) is 26.6. The van der Waals surface area contributed by atoms with Gasteiger partial charge in [0.15, 0.2) is 17.3 Å². The van der Waals surface area contributed by atoms with Crippen molar-refractivity contribution in [3.8, 4) is 33.6 Å². The number of ether oxygens (including phenoxy) is 1. The van der Waals surface area contributed by atoms with Gasteiger partial charge in [-0.3, -0.25) is 24.0 Å². The number of nitrogens with one attached hydrogen (secondary N) is 7. The van der Waals surface area contributed by atoms with Gasteiger partial charge < -0.3 is 65.8 Å². The Bertz CT molecular complexity index is 5140. The second-order valence-electron chi connectivity index (χ2n) is 25.7. The van der Waals surface area contributed by atoms with Gasteiger partial charge in [0, 0.05) is 182 Å². The predicted molar refractivity (Wildman–Crippen MR) is 381 cm³/mol. The molecule has 16 heterocycles. The molecule has 27 heteroatoms. The van der Waals surface area contributed by atoms with Gasteiger partial charge in [0.1, 0.15) is 22.9 Å². The molecule has 0 atom stereocenters. The van der Waals surface area contributed by atoms with Crippen LogP contribution in [-0.4, -0.2) is 154 Å². The number of hydrogen-bond acceptors (Lipinski definition) is 19. The number of aryl methyl sites for hydroxylation is 3. The van der Waals surface area contributed by atoms with Crippen molar-refractivity contribution in [3.05, 3.63) is 186 Å². The number of likely N-dealkylation sites (N-methyl/N-ethyl adjacent to an activating group) is 1. The number of fused-ring (bicyclic) bond motifs is 6. The smallest absolute Gasteiger partial charge is 0.254 e. The summed E-state index contributed by atoms with van der Waals surface area (Å²) in [5, 5.41) is 33.0. The average Bonchev–Trinajstić information content (AvgIpc) is 1.55. The SMILES string of the molecule is CN1CCN(c2ccc(Nc3cnc(-c4c(F)cnc5c4ccn5C)c4c3C(=O)NC4)nc2)CC1.Cn1nc(Nc2ccc(-c3ccnc4c3ccn4C)c3c2C(=O)NC3)cc1C1CCOCC1.O=C1NCc2c(-c3ccnc4ccnn34)ccc(Nc3ccc(N4CCNCC4)cn3)c21.